The number of carbonyl (C=O) groups excluding carboxylic acids is 1. The smallest absolute Gasteiger partial charge is 0.270 e. The second kappa shape index (κ2) is 8.22. The average Bonchev–Trinajstić information content (AvgIpc) is 2.54. The molecule has 1 aromatic carbocycles. The van der Waals surface area contributed by atoms with Crippen LogP contribution in [-0.4, -0.2) is 29.0 Å². The number of hydrogen-bond donors (Lipinski definition) is 2. The van der Waals surface area contributed by atoms with Gasteiger partial charge >= 0.3 is 0 Å². The van der Waals surface area contributed by atoms with Gasteiger partial charge in [0.25, 0.3) is 5.91 Å². The number of aromatic nitrogens is 2. The SMILES string of the molecule is CCCNc1nc(C)cc(C(=O)NCCc2ccc(F)cc2)n1. The highest BCUT2D eigenvalue weighted by Gasteiger charge is 2.10. The standard InChI is InChI=1S/C17H21FN4O/c1-3-9-20-17-21-12(2)11-15(22-17)16(23)19-10-8-13-4-6-14(18)7-5-13/h4-7,11H,3,8-10H2,1-2H3,(H,19,23)(H,20,21,22). The molecule has 0 fully saturated rings. The summed E-state index contributed by atoms with van der Waals surface area (Å²) in [5, 5.41) is 5.90. The van der Waals surface area contributed by atoms with Crippen molar-refractivity contribution < 1.29 is 9.18 Å². The third-order valence-corrected chi connectivity index (χ3v) is 3.23. The molecule has 0 spiro atoms. The van der Waals surface area contributed by atoms with E-state index < -0.39 is 0 Å². The van der Waals surface area contributed by atoms with E-state index in [0.717, 1.165) is 24.2 Å². The van der Waals surface area contributed by atoms with Gasteiger partial charge in [0, 0.05) is 18.8 Å². The van der Waals surface area contributed by atoms with Gasteiger partial charge in [-0.15, -0.1) is 0 Å². The van der Waals surface area contributed by atoms with Crippen LogP contribution in [0.25, 0.3) is 0 Å². The molecule has 0 aliphatic rings. The number of carbonyl (C=O) groups is 1. The summed E-state index contributed by atoms with van der Waals surface area (Å²) < 4.78 is 12.8. The Morgan fingerprint density at radius 1 is 1.17 bits per heavy atom. The van der Waals surface area contributed by atoms with Crippen molar-refractivity contribution in [2.24, 2.45) is 0 Å². The molecule has 0 aliphatic carbocycles. The molecular formula is C17H21FN4O. The van der Waals surface area contributed by atoms with Gasteiger partial charge in [0.15, 0.2) is 0 Å². The Morgan fingerprint density at radius 2 is 1.91 bits per heavy atom. The van der Waals surface area contributed by atoms with Gasteiger partial charge in [-0.3, -0.25) is 4.79 Å². The van der Waals surface area contributed by atoms with E-state index in [4.69, 9.17) is 0 Å². The molecule has 0 bridgehead atoms. The monoisotopic (exact) mass is 316 g/mol. The van der Waals surface area contributed by atoms with Crippen LogP contribution in [0.2, 0.25) is 0 Å². The lowest BCUT2D eigenvalue weighted by Gasteiger charge is -2.08. The third kappa shape index (κ3) is 5.32. The van der Waals surface area contributed by atoms with Gasteiger partial charge < -0.3 is 10.6 Å². The zero-order valence-corrected chi connectivity index (χ0v) is 13.4. The first-order valence-electron chi connectivity index (χ1n) is 7.70. The highest BCUT2D eigenvalue weighted by atomic mass is 19.1. The first-order valence-corrected chi connectivity index (χ1v) is 7.70. The number of aryl methyl sites for hydroxylation is 1. The Morgan fingerprint density at radius 3 is 2.61 bits per heavy atom. The van der Waals surface area contributed by atoms with Crippen molar-refractivity contribution in [2.45, 2.75) is 26.7 Å². The van der Waals surface area contributed by atoms with Crippen molar-refractivity contribution in [3.05, 3.63) is 53.1 Å². The van der Waals surface area contributed by atoms with Crippen molar-refractivity contribution in [2.75, 3.05) is 18.4 Å². The molecule has 23 heavy (non-hydrogen) atoms. The predicted octanol–water partition coefficient (Wildman–Crippen LogP) is 2.72. The minimum Gasteiger partial charge on any atom is -0.354 e. The molecule has 0 saturated heterocycles. The van der Waals surface area contributed by atoms with E-state index in [2.05, 4.69) is 20.6 Å². The Balaban J connectivity index is 1.92. The van der Waals surface area contributed by atoms with Crippen LogP contribution >= 0.6 is 0 Å². The van der Waals surface area contributed by atoms with Crippen LogP contribution in [0.5, 0.6) is 0 Å². The van der Waals surface area contributed by atoms with Crippen molar-refractivity contribution in [3.63, 3.8) is 0 Å². The molecule has 0 radical (unpaired) electrons. The van der Waals surface area contributed by atoms with Gasteiger partial charge in [0.05, 0.1) is 0 Å². The van der Waals surface area contributed by atoms with Crippen molar-refractivity contribution >= 4 is 11.9 Å². The Bertz CT molecular complexity index is 658. The molecule has 6 heteroatoms. The first kappa shape index (κ1) is 16.9. The second-order valence-corrected chi connectivity index (χ2v) is 5.28. The Labute approximate surface area is 135 Å². The van der Waals surface area contributed by atoms with Crippen LogP contribution in [-0.2, 0) is 6.42 Å². The first-order chi connectivity index (χ1) is 11.1. The summed E-state index contributed by atoms with van der Waals surface area (Å²) in [6, 6.07) is 7.91. The van der Waals surface area contributed by atoms with E-state index in [-0.39, 0.29) is 11.7 Å². The van der Waals surface area contributed by atoms with Crippen LogP contribution in [0, 0.1) is 12.7 Å². The predicted molar refractivity (Wildman–Crippen MR) is 88.0 cm³/mol. The van der Waals surface area contributed by atoms with Crippen LogP contribution < -0.4 is 10.6 Å². The maximum Gasteiger partial charge on any atom is 0.270 e. The molecular weight excluding hydrogens is 295 g/mol. The average molecular weight is 316 g/mol. The summed E-state index contributed by atoms with van der Waals surface area (Å²) in [6.45, 7) is 5.10. The van der Waals surface area contributed by atoms with E-state index in [1.54, 1.807) is 18.2 Å². The molecule has 0 unspecified atom stereocenters. The number of rotatable bonds is 7. The van der Waals surface area contributed by atoms with Gasteiger partial charge in [-0.2, -0.15) is 0 Å². The zero-order chi connectivity index (χ0) is 16.7. The second-order valence-electron chi connectivity index (χ2n) is 5.28. The lowest BCUT2D eigenvalue weighted by molar-refractivity contribution is 0.0949. The van der Waals surface area contributed by atoms with Gasteiger partial charge in [-0.25, -0.2) is 14.4 Å². The molecule has 2 aromatic rings. The molecule has 122 valence electrons. The fourth-order valence-electron chi connectivity index (χ4n) is 2.06. The molecule has 5 nitrogen and oxygen atoms in total. The fraction of sp³-hybridized carbons (Fsp3) is 0.353. The molecule has 0 saturated carbocycles. The van der Waals surface area contributed by atoms with Crippen LogP contribution in [0.3, 0.4) is 0 Å². The van der Waals surface area contributed by atoms with Crippen LogP contribution in [0.1, 0.15) is 35.1 Å². The largest absolute Gasteiger partial charge is 0.354 e. The van der Waals surface area contributed by atoms with Crippen LogP contribution in [0.4, 0.5) is 10.3 Å². The topological polar surface area (TPSA) is 66.9 Å². The van der Waals surface area contributed by atoms with Crippen molar-refractivity contribution in [1.82, 2.24) is 15.3 Å². The van der Waals surface area contributed by atoms with Gasteiger partial charge in [0.1, 0.15) is 11.5 Å². The highest BCUT2D eigenvalue weighted by Crippen LogP contribution is 2.06. The number of halogens is 1. The zero-order valence-electron chi connectivity index (χ0n) is 13.4. The minimum atomic E-state index is -0.263. The summed E-state index contributed by atoms with van der Waals surface area (Å²) in [5.41, 5.74) is 2.05. The van der Waals surface area contributed by atoms with Gasteiger partial charge in [0.2, 0.25) is 5.95 Å². The number of hydrogen-bond acceptors (Lipinski definition) is 4. The normalized spacial score (nSPS) is 10.4. The summed E-state index contributed by atoms with van der Waals surface area (Å²) in [5.74, 6) is -0.0333. The minimum absolute atomic E-state index is 0.239. The molecule has 1 amide bonds. The molecule has 0 aliphatic heterocycles. The maximum atomic E-state index is 12.8. The highest BCUT2D eigenvalue weighted by molar-refractivity contribution is 5.92. The van der Waals surface area contributed by atoms with E-state index >= 15 is 0 Å². The molecule has 2 N–H and O–H groups in total. The molecule has 0 atom stereocenters. The maximum absolute atomic E-state index is 12.8. The molecule has 1 aromatic heterocycles. The van der Waals surface area contributed by atoms with E-state index in [1.165, 1.54) is 12.1 Å². The molecule has 1 heterocycles. The summed E-state index contributed by atoms with van der Waals surface area (Å²) >= 11 is 0. The van der Waals surface area contributed by atoms with Crippen molar-refractivity contribution in [1.29, 1.82) is 0 Å². The quantitative estimate of drug-likeness (QED) is 0.824. The summed E-state index contributed by atoms with van der Waals surface area (Å²) in [6.07, 6.45) is 1.59. The summed E-state index contributed by atoms with van der Waals surface area (Å²) in [4.78, 5) is 20.7. The van der Waals surface area contributed by atoms with Gasteiger partial charge in [-0.05, 0) is 43.5 Å². The molecule has 2 rings (SSSR count). The number of nitrogens with one attached hydrogen (secondary N) is 2. The van der Waals surface area contributed by atoms with E-state index in [0.29, 0.717) is 24.6 Å². The third-order valence-electron chi connectivity index (χ3n) is 3.23. The lowest BCUT2D eigenvalue weighted by atomic mass is 10.1. The number of anilines is 1. The lowest BCUT2D eigenvalue weighted by Crippen LogP contribution is -2.27. The van der Waals surface area contributed by atoms with E-state index in [1.807, 2.05) is 13.8 Å². The van der Waals surface area contributed by atoms with E-state index in [9.17, 15) is 9.18 Å². The number of amides is 1. The fourth-order valence-corrected chi connectivity index (χ4v) is 2.06. The van der Waals surface area contributed by atoms with Crippen molar-refractivity contribution in [3.8, 4) is 0 Å². The Hall–Kier alpha value is -2.50. The Kier molecular flexibility index (Phi) is 6.02. The van der Waals surface area contributed by atoms with Gasteiger partial charge in [-0.1, -0.05) is 19.1 Å². The number of benzene rings is 1. The van der Waals surface area contributed by atoms with Crippen LogP contribution in [0.15, 0.2) is 30.3 Å². The summed E-state index contributed by atoms with van der Waals surface area (Å²) in [7, 11) is 0. The number of nitrogens with zero attached hydrogens (tertiary/aromatic N) is 2.